The number of aromatic amines is 1. The zero-order valence-corrected chi connectivity index (χ0v) is 35.6. The molecule has 0 radical (unpaired) electrons. The molecule has 51 heavy (non-hydrogen) atoms. The number of ether oxygens (including phenoxy) is 4. The first-order chi connectivity index (χ1) is 24.1. The standard InChI is InChI=1S/C30H59NO4S2.C5H12O.C4H5N3O/c1-8-9-10-11-12-13-14-15-16-19-29(4,5)30(6,7)37-36-22-18-28(32)31-20-17-21-34-26-23-33-24-27(26)35-25(2)3;1-5(2)4-6-3;5-3-1-2-6-4(8)7-3/h25-27H,8-24H2,1-7H3,(H,31,32);5H,4H2,1-3H3;1-2H,(H3,5,6,7,8)/t26?,27-;;/m1../s1. The molecule has 10 nitrogen and oxygen atoms in total. The lowest BCUT2D eigenvalue weighted by Gasteiger charge is -2.41. The fraction of sp³-hybridized carbons (Fsp3) is 0.872. The number of hydrogen-bond acceptors (Lipinski definition) is 10. The van der Waals surface area contributed by atoms with Gasteiger partial charge in [-0.25, -0.2) is 9.78 Å². The van der Waals surface area contributed by atoms with Crippen molar-refractivity contribution in [3.8, 4) is 0 Å². The van der Waals surface area contributed by atoms with E-state index in [1.807, 2.05) is 35.4 Å². The number of carbonyl (C=O) groups is 1. The molecule has 2 rings (SSSR count). The van der Waals surface area contributed by atoms with Crippen LogP contribution >= 0.6 is 21.6 Å². The van der Waals surface area contributed by atoms with E-state index in [0.717, 1.165) is 18.8 Å². The predicted molar refractivity (Wildman–Crippen MR) is 219 cm³/mol. The van der Waals surface area contributed by atoms with Gasteiger partial charge in [-0.3, -0.25) is 9.78 Å². The van der Waals surface area contributed by atoms with Crippen LogP contribution in [-0.4, -0.2) is 84.8 Å². The average molecular weight is 761 g/mol. The van der Waals surface area contributed by atoms with Crippen molar-refractivity contribution in [2.24, 2.45) is 11.3 Å². The molecule has 1 aliphatic rings. The highest BCUT2D eigenvalue weighted by molar-refractivity contribution is 8.77. The van der Waals surface area contributed by atoms with Gasteiger partial charge in [-0.1, -0.05) is 114 Å². The van der Waals surface area contributed by atoms with Crippen LogP contribution in [0.5, 0.6) is 0 Å². The molecule has 1 aromatic heterocycles. The number of unbranched alkanes of at least 4 members (excludes halogenated alkanes) is 8. The number of carbonyl (C=O) groups excluding carboxylic acids is 1. The minimum absolute atomic E-state index is 0.000508. The number of methoxy groups -OCH3 is 1. The highest BCUT2D eigenvalue weighted by Crippen LogP contribution is 2.49. The summed E-state index contributed by atoms with van der Waals surface area (Å²) in [6.45, 7) is 23.5. The first-order valence-electron chi connectivity index (χ1n) is 19.4. The molecular formula is C39H76N4O6S2. The van der Waals surface area contributed by atoms with Gasteiger partial charge in [-0.05, 0) is 57.9 Å². The zero-order chi connectivity index (χ0) is 38.5. The Labute approximate surface area is 319 Å². The maximum absolute atomic E-state index is 12.2. The summed E-state index contributed by atoms with van der Waals surface area (Å²) in [4.78, 5) is 28.1. The molecule has 1 amide bonds. The predicted octanol–water partition coefficient (Wildman–Crippen LogP) is 8.84. The van der Waals surface area contributed by atoms with Crippen LogP contribution in [0.15, 0.2) is 17.1 Å². The lowest BCUT2D eigenvalue weighted by molar-refractivity contribution is -0.120. The van der Waals surface area contributed by atoms with Crippen molar-refractivity contribution in [2.45, 2.75) is 162 Å². The van der Waals surface area contributed by atoms with Crippen LogP contribution in [0.25, 0.3) is 0 Å². The number of hydrogen-bond donors (Lipinski definition) is 3. The zero-order valence-electron chi connectivity index (χ0n) is 34.0. The molecule has 0 aromatic carbocycles. The Morgan fingerprint density at radius 1 is 1.02 bits per heavy atom. The highest BCUT2D eigenvalue weighted by Gasteiger charge is 2.37. The second kappa shape index (κ2) is 30.1. The van der Waals surface area contributed by atoms with E-state index < -0.39 is 5.69 Å². The van der Waals surface area contributed by atoms with Crippen molar-refractivity contribution in [3.63, 3.8) is 0 Å². The number of H-pyrrole nitrogens is 1. The average Bonchev–Trinajstić information content (AvgIpc) is 3.48. The number of amides is 1. The summed E-state index contributed by atoms with van der Waals surface area (Å²) in [5.41, 5.74) is 5.03. The number of rotatable bonds is 25. The smallest absolute Gasteiger partial charge is 0.346 e. The summed E-state index contributed by atoms with van der Waals surface area (Å²) in [6, 6.07) is 1.52. The largest absolute Gasteiger partial charge is 0.385 e. The highest BCUT2D eigenvalue weighted by atomic mass is 33.1. The SMILES string of the molecule is CCCCCCCCCCCC(C)(C)C(C)(C)SSCCC(=O)NCCCOC1COC[C@H]1OC(C)C.COCC(C)C.Nc1ccnc(=O)[nH]1. The molecule has 4 N–H and O–H groups in total. The molecule has 2 atom stereocenters. The van der Waals surface area contributed by atoms with Gasteiger partial charge in [0.05, 0.1) is 19.3 Å². The third kappa shape index (κ3) is 27.0. The van der Waals surface area contributed by atoms with E-state index in [1.165, 1.54) is 76.5 Å². The Kier molecular flexibility index (Phi) is 29.3. The van der Waals surface area contributed by atoms with Crippen molar-refractivity contribution in [1.82, 2.24) is 15.3 Å². The number of nitrogen functional groups attached to an aromatic ring is 1. The molecule has 1 fully saturated rings. The van der Waals surface area contributed by atoms with Gasteiger partial charge < -0.3 is 30.0 Å². The Hall–Kier alpha value is -1.31. The van der Waals surface area contributed by atoms with Crippen LogP contribution in [0.4, 0.5) is 5.82 Å². The van der Waals surface area contributed by atoms with E-state index in [2.05, 4.69) is 63.8 Å². The lowest BCUT2D eigenvalue weighted by atomic mass is 9.76. The van der Waals surface area contributed by atoms with Gasteiger partial charge in [0, 0.05) is 50.0 Å². The third-order valence-electron chi connectivity index (χ3n) is 8.81. The third-order valence-corrected chi connectivity index (χ3v) is 12.4. The van der Waals surface area contributed by atoms with Crippen molar-refractivity contribution >= 4 is 33.3 Å². The number of anilines is 1. The van der Waals surface area contributed by atoms with Gasteiger partial charge in [0.15, 0.2) is 0 Å². The van der Waals surface area contributed by atoms with E-state index in [1.54, 1.807) is 7.11 Å². The maximum atomic E-state index is 12.2. The van der Waals surface area contributed by atoms with Crippen molar-refractivity contribution in [2.75, 3.05) is 51.6 Å². The second-order valence-electron chi connectivity index (χ2n) is 15.2. The Bertz CT molecular complexity index is 1040. The fourth-order valence-electron chi connectivity index (χ4n) is 5.10. The topological polar surface area (TPSA) is 138 Å². The first kappa shape index (κ1) is 49.7. The summed E-state index contributed by atoms with van der Waals surface area (Å²) in [5.74, 6) is 1.99. The minimum atomic E-state index is -0.412. The normalized spacial score (nSPS) is 16.1. The van der Waals surface area contributed by atoms with Gasteiger partial charge >= 0.3 is 5.69 Å². The van der Waals surface area contributed by atoms with Crippen LogP contribution < -0.4 is 16.7 Å². The van der Waals surface area contributed by atoms with E-state index in [4.69, 9.17) is 24.7 Å². The van der Waals surface area contributed by atoms with Crippen LogP contribution in [0.3, 0.4) is 0 Å². The van der Waals surface area contributed by atoms with E-state index >= 15 is 0 Å². The molecule has 1 unspecified atom stereocenters. The lowest BCUT2D eigenvalue weighted by Crippen LogP contribution is -2.35. The van der Waals surface area contributed by atoms with Gasteiger partial charge in [-0.15, -0.1) is 0 Å². The van der Waals surface area contributed by atoms with Crippen LogP contribution in [0, 0.1) is 11.3 Å². The Morgan fingerprint density at radius 2 is 1.65 bits per heavy atom. The quantitative estimate of drug-likeness (QED) is 0.0655. The van der Waals surface area contributed by atoms with E-state index in [0.29, 0.717) is 44.5 Å². The van der Waals surface area contributed by atoms with Gasteiger partial charge in [-0.2, -0.15) is 0 Å². The number of nitrogens with one attached hydrogen (secondary N) is 2. The van der Waals surface area contributed by atoms with Gasteiger partial charge in [0.1, 0.15) is 18.0 Å². The molecule has 300 valence electrons. The Morgan fingerprint density at radius 3 is 2.18 bits per heavy atom. The van der Waals surface area contributed by atoms with Crippen LogP contribution in [-0.2, 0) is 23.7 Å². The molecule has 0 bridgehead atoms. The minimum Gasteiger partial charge on any atom is -0.385 e. The number of aromatic nitrogens is 2. The van der Waals surface area contributed by atoms with Gasteiger partial charge in [0.2, 0.25) is 5.91 Å². The summed E-state index contributed by atoms with van der Waals surface area (Å²) in [5, 5.41) is 3.03. The molecular weight excluding hydrogens is 685 g/mol. The molecule has 1 saturated heterocycles. The van der Waals surface area contributed by atoms with E-state index in [9.17, 15) is 9.59 Å². The first-order valence-corrected chi connectivity index (χ1v) is 21.7. The summed E-state index contributed by atoms with van der Waals surface area (Å²) >= 11 is 0. The summed E-state index contributed by atoms with van der Waals surface area (Å²) < 4.78 is 22.2. The Balaban J connectivity index is 0.00000147. The second-order valence-corrected chi connectivity index (χ2v) is 18.2. The number of nitrogens with two attached hydrogens (primary N) is 1. The van der Waals surface area contributed by atoms with Crippen LogP contribution in [0.2, 0.25) is 0 Å². The fourth-order valence-corrected chi connectivity index (χ4v) is 8.14. The van der Waals surface area contributed by atoms with Crippen molar-refractivity contribution in [3.05, 3.63) is 22.7 Å². The molecule has 0 saturated carbocycles. The monoisotopic (exact) mass is 761 g/mol. The maximum Gasteiger partial charge on any atom is 0.346 e. The molecule has 0 spiro atoms. The van der Waals surface area contributed by atoms with Gasteiger partial charge in [0.25, 0.3) is 0 Å². The molecule has 0 aliphatic carbocycles. The molecule has 1 aliphatic heterocycles. The summed E-state index contributed by atoms with van der Waals surface area (Å²) in [6.07, 6.45) is 16.6. The van der Waals surface area contributed by atoms with Crippen molar-refractivity contribution < 1.29 is 23.7 Å². The summed E-state index contributed by atoms with van der Waals surface area (Å²) in [7, 11) is 5.51. The van der Waals surface area contributed by atoms with Crippen molar-refractivity contribution in [1.29, 1.82) is 0 Å². The van der Waals surface area contributed by atoms with E-state index in [-0.39, 0.29) is 34.4 Å². The molecule has 2 heterocycles. The molecule has 12 heteroatoms. The number of nitrogens with zero attached hydrogens (tertiary/aromatic N) is 1. The van der Waals surface area contributed by atoms with Crippen LogP contribution in [0.1, 0.15) is 139 Å². The molecule has 1 aromatic rings.